The fraction of sp³-hybridized carbons (Fsp3) is 0.500. The highest BCUT2D eigenvalue weighted by molar-refractivity contribution is 6.08. The number of allylic oxidation sites excluding steroid dienone is 1. The smallest absolute Gasteiger partial charge is 0.431 e. The molecule has 0 aromatic heterocycles. The second-order valence-electron chi connectivity index (χ2n) is 3.15. The molecule has 0 aromatic carbocycles. The van der Waals surface area contributed by atoms with Gasteiger partial charge in [-0.05, 0) is 12.8 Å². The van der Waals surface area contributed by atoms with Crippen molar-refractivity contribution in [2.24, 2.45) is 0 Å². The molecule has 0 bridgehead atoms. The SMILES string of the molecule is N=C/C(C(=O)O)=C(\NC1CC1)C(F)(F)F. The van der Waals surface area contributed by atoms with E-state index in [1.807, 2.05) is 0 Å². The van der Waals surface area contributed by atoms with E-state index in [0.29, 0.717) is 12.8 Å². The van der Waals surface area contributed by atoms with Gasteiger partial charge in [0.2, 0.25) is 0 Å². The molecule has 4 nitrogen and oxygen atoms in total. The first-order valence-corrected chi connectivity index (χ1v) is 4.18. The molecule has 1 aliphatic rings. The summed E-state index contributed by atoms with van der Waals surface area (Å²) in [5, 5.41) is 17.2. The standard InChI is InChI=1S/C8H9F3N2O2/c9-8(10,11)6(13-4-1-2-4)5(3-12)7(14)15/h3-4,12-13H,1-2H2,(H,14,15)/b6-5+,12-3?. The Morgan fingerprint density at radius 2 is 2.00 bits per heavy atom. The maximum atomic E-state index is 12.4. The third kappa shape index (κ3) is 2.97. The molecule has 0 saturated heterocycles. The van der Waals surface area contributed by atoms with Crippen molar-refractivity contribution in [3.63, 3.8) is 0 Å². The number of nitrogens with one attached hydrogen (secondary N) is 2. The van der Waals surface area contributed by atoms with Crippen molar-refractivity contribution < 1.29 is 23.1 Å². The van der Waals surface area contributed by atoms with E-state index in [1.165, 1.54) is 0 Å². The fourth-order valence-electron chi connectivity index (χ4n) is 0.985. The van der Waals surface area contributed by atoms with Gasteiger partial charge in [0.25, 0.3) is 0 Å². The van der Waals surface area contributed by atoms with Gasteiger partial charge in [0.1, 0.15) is 11.3 Å². The molecule has 0 amide bonds. The highest BCUT2D eigenvalue weighted by Crippen LogP contribution is 2.30. The summed E-state index contributed by atoms with van der Waals surface area (Å²) >= 11 is 0. The molecule has 0 spiro atoms. The highest BCUT2D eigenvalue weighted by atomic mass is 19.4. The lowest BCUT2D eigenvalue weighted by Crippen LogP contribution is -2.31. The largest absolute Gasteiger partial charge is 0.478 e. The Morgan fingerprint density at radius 3 is 2.27 bits per heavy atom. The van der Waals surface area contributed by atoms with Crippen molar-refractivity contribution >= 4 is 12.2 Å². The van der Waals surface area contributed by atoms with Crippen LogP contribution in [0, 0.1) is 5.41 Å². The van der Waals surface area contributed by atoms with Crippen LogP contribution in [-0.4, -0.2) is 29.5 Å². The van der Waals surface area contributed by atoms with Crippen LogP contribution in [0.15, 0.2) is 11.3 Å². The maximum Gasteiger partial charge on any atom is 0.431 e. The summed E-state index contributed by atoms with van der Waals surface area (Å²) in [6, 6.07) is -0.323. The minimum absolute atomic E-state index is 0.195. The number of aliphatic carboxylic acids is 1. The molecule has 1 fully saturated rings. The Kier molecular flexibility index (Phi) is 3.01. The zero-order valence-corrected chi connectivity index (χ0v) is 7.56. The summed E-state index contributed by atoms with van der Waals surface area (Å²) in [5.41, 5.74) is -2.40. The van der Waals surface area contributed by atoms with Crippen molar-refractivity contribution in [2.75, 3.05) is 0 Å². The lowest BCUT2D eigenvalue weighted by Gasteiger charge is -2.15. The second kappa shape index (κ2) is 3.92. The third-order valence-corrected chi connectivity index (χ3v) is 1.85. The van der Waals surface area contributed by atoms with Crippen LogP contribution in [0.3, 0.4) is 0 Å². The quantitative estimate of drug-likeness (QED) is 0.495. The normalized spacial score (nSPS) is 18.1. The second-order valence-corrected chi connectivity index (χ2v) is 3.15. The highest BCUT2D eigenvalue weighted by Gasteiger charge is 2.40. The summed E-state index contributed by atoms with van der Waals surface area (Å²) < 4.78 is 37.3. The van der Waals surface area contributed by atoms with Gasteiger partial charge in [0, 0.05) is 12.3 Å². The van der Waals surface area contributed by atoms with Gasteiger partial charge in [-0.2, -0.15) is 13.2 Å². The summed E-state index contributed by atoms with van der Waals surface area (Å²) in [6.07, 6.45) is -3.40. The van der Waals surface area contributed by atoms with E-state index in [9.17, 15) is 18.0 Å². The molecule has 1 aliphatic carbocycles. The first kappa shape index (κ1) is 11.5. The van der Waals surface area contributed by atoms with Crippen LogP contribution in [0.1, 0.15) is 12.8 Å². The predicted molar refractivity (Wildman–Crippen MR) is 45.7 cm³/mol. The van der Waals surface area contributed by atoms with Crippen molar-refractivity contribution in [1.29, 1.82) is 5.41 Å². The summed E-state index contributed by atoms with van der Waals surface area (Å²) in [7, 11) is 0. The van der Waals surface area contributed by atoms with Gasteiger partial charge in [0.05, 0.1) is 0 Å². The monoisotopic (exact) mass is 222 g/mol. The predicted octanol–water partition coefficient (Wildman–Crippen LogP) is 1.29. The van der Waals surface area contributed by atoms with E-state index >= 15 is 0 Å². The van der Waals surface area contributed by atoms with Crippen LogP contribution >= 0.6 is 0 Å². The molecule has 7 heteroatoms. The van der Waals surface area contributed by atoms with Gasteiger partial charge in [-0.15, -0.1) is 0 Å². The van der Waals surface area contributed by atoms with E-state index in [1.54, 1.807) is 0 Å². The number of hydrogen-bond donors (Lipinski definition) is 3. The molecule has 1 saturated carbocycles. The third-order valence-electron chi connectivity index (χ3n) is 1.85. The van der Waals surface area contributed by atoms with Crippen LogP contribution in [0.25, 0.3) is 0 Å². The molecule has 0 atom stereocenters. The van der Waals surface area contributed by atoms with E-state index in [0.717, 1.165) is 0 Å². The Balaban J connectivity index is 3.04. The average Bonchev–Trinajstić information content (AvgIpc) is 2.85. The number of rotatable bonds is 4. The average molecular weight is 222 g/mol. The van der Waals surface area contributed by atoms with Crippen LogP contribution in [-0.2, 0) is 4.79 Å². The molecule has 0 aliphatic heterocycles. The zero-order chi connectivity index (χ0) is 11.6. The first-order valence-electron chi connectivity index (χ1n) is 4.18. The molecular formula is C8H9F3N2O2. The van der Waals surface area contributed by atoms with E-state index in [-0.39, 0.29) is 12.3 Å². The van der Waals surface area contributed by atoms with Crippen molar-refractivity contribution in [1.82, 2.24) is 5.32 Å². The van der Waals surface area contributed by atoms with Crippen LogP contribution in [0.4, 0.5) is 13.2 Å². The summed E-state index contributed by atoms with van der Waals surface area (Å²) in [5.74, 6) is -1.76. The fourth-order valence-corrected chi connectivity index (χ4v) is 0.985. The number of halogens is 3. The van der Waals surface area contributed by atoms with Crippen LogP contribution < -0.4 is 5.32 Å². The Bertz CT molecular complexity index is 318. The minimum atomic E-state index is -4.77. The van der Waals surface area contributed by atoms with Gasteiger partial charge in [-0.1, -0.05) is 0 Å². The number of hydrogen-bond acceptors (Lipinski definition) is 3. The lowest BCUT2D eigenvalue weighted by molar-refractivity contribution is -0.133. The Hall–Kier alpha value is -1.53. The minimum Gasteiger partial charge on any atom is -0.478 e. The lowest BCUT2D eigenvalue weighted by atomic mass is 10.2. The number of carbonyl (C=O) groups is 1. The van der Waals surface area contributed by atoms with Crippen LogP contribution in [0.5, 0.6) is 0 Å². The van der Waals surface area contributed by atoms with Gasteiger partial charge in [-0.25, -0.2) is 4.79 Å². The Morgan fingerprint density at radius 1 is 1.47 bits per heavy atom. The van der Waals surface area contributed by atoms with E-state index in [4.69, 9.17) is 10.5 Å². The molecule has 84 valence electrons. The number of carboxylic acid groups (broad SMARTS) is 1. The molecule has 1 rings (SSSR count). The summed E-state index contributed by atoms with van der Waals surface area (Å²) in [4.78, 5) is 10.5. The Labute approximate surface area is 83.3 Å². The van der Waals surface area contributed by atoms with Gasteiger partial charge in [-0.3, -0.25) is 0 Å². The van der Waals surface area contributed by atoms with Gasteiger partial charge in [0.15, 0.2) is 0 Å². The van der Waals surface area contributed by atoms with Crippen molar-refractivity contribution in [2.45, 2.75) is 25.1 Å². The molecule has 0 heterocycles. The molecule has 0 unspecified atom stereocenters. The topological polar surface area (TPSA) is 73.2 Å². The molecule has 0 radical (unpaired) electrons. The number of alkyl halides is 3. The van der Waals surface area contributed by atoms with Crippen molar-refractivity contribution in [3.05, 3.63) is 11.3 Å². The van der Waals surface area contributed by atoms with Crippen LogP contribution in [0.2, 0.25) is 0 Å². The first-order chi connectivity index (χ1) is 6.86. The van der Waals surface area contributed by atoms with Gasteiger partial charge >= 0.3 is 12.1 Å². The molecular weight excluding hydrogens is 213 g/mol. The van der Waals surface area contributed by atoms with E-state index < -0.39 is 23.4 Å². The van der Waals surface area contributed by atoms with Crippen molar-refractivity contribution in [3.8, 4) is 0 Å². The maximum absolute atomic E-state index is 12.4. The zero-order valence-electron chi connectivity index (χ0n) is 7.56. The molecule has 3 N–H and O–H groups in total. The number of carboxylic acids is 1. The summed E-state index contributed by atoms with van der Waals surface area (Å²) in [6.45, 7) is 0. The van der Waals surface area contributed by atoms with E-state index in [2.05, 4.69) is 5.32 Å². The molecule has 0 aromatic rings. The van der Waals surface area contributed by atoms with Gasteiger partial charge < -0.3 is 15.8 Å². The molecule has 15 heavy (non-hydrogen) atoms.